The second kappa shape index (κ2) is 7.53. The van der Waals surface area contributed by atoms with Crippen molar-refractivity contribution in [3.05, 3.63) is 60.2 Å². The van der Waals surface area contributed by atoms with Gasteiger partial charge in [-0.2, -0.15) is 0 Å². The predicted octanol–water partition coefficient (Wildman–Crippen LogP) is 3.91. The molecule has 1 atom stereocenters. The highest BCUT2D eigenvalue weighted by Crippen LogP contribution is 2.27. The quantitative estimate of drug-likeness (QED) is 0.707. The van der Waals surface area contributed by atoms with Crippen LogP contribution in [0.5, 0.6) is 0 Å². The van der Waals surface area contributed by atoms with E-state index in [0.717, 1.165) is 22.6 Å². The van der Waals surface area contributed by atoms with Crippen molar-refractivity contribution in [2.75, 3.05) is 5.32 Å². The molecule has 1 amide bonds. The van der Waals surface area contributed by atoms with Crippen molar-refractivity contribution in [2.24, 2.45) is 7.05 Å². The molecule has 0 bridgehead atoms. The summed E-state index contributed by atoms with van der Waals surface area (Å²) < 4.78 is 1.93. The second-order valence-electron chi connectivity index (χ2n) is 5.80. The van der Waals surface area contributed by atoms with Crippen molar-refractivity contribution in [1.29, 1.82) is 0 Å². The van der Waals surface area contributed by atoms with Crippen LogP contribution in [-0.4, -0.2) is 25.9 Å². The molecule has 0 aliphatic heterocycles. The molecule has 128 valence electrons. The smallest absolute Gasteiger partial charge is 0.237 e. The van der Waals surface area contributed by atoms with E-state index in [-0.39, 0.29) is 11.2 Å². The Labute approximate surface area is 151 Å². The van der Waals surface area contributed by atoms with Gasteiger partial charge in [-0.05, 0) is 31.5 Å². The number of aryl methyl sites for hydroxylation is 1. The number of anilines is 1. The van der Waals surface area contributed by atoms with Crippen LogP contribution in [0.2, 0.25) is 0 Å². The zero-order valence-corrected chi connectivity index (χ0v) is 15.2. The third-order valence-corrected chi connectivity index (χ3v) is 5.05. The SMILES string of the molecule is Cc1ccccc1-c1nnc(S[C@H](C)C(=O)Nc2ccccc2)n1C. The van der Waals surface area contributed by atoms with E-state index in [1.807, 2.05) is 80.1 Å². The monoisotopic (exact) mass is 352 g/mol. The van der Waals surface area contributed by atoms with Gasteiger partial charge in [-0.1, -0.05) is 54.2 Å². The fourth-order valence-electron chi connectivity index (χ4n) is 2.45. The average Bonchev–Trinajstić information content (AvgIpc) is 2.97. The molecule has 2 aromatic carbocycles. The van der Waals surface area contributed by atoms with Crippen molar-refractivity contribution in [3.63, 3.8) is 0 Å². The number of aromatic nitrogens is 3. The van der Waals surface area contributed by atoms with Gasteiger partial charge < -0.3 is 9.88 Å². The molecule has 5 nitrogen and oxygen atoms in total. The number of carbonyl (C=O) groups excluding carboxylic acids is 1. The van der Waals surface area contributed by atoms with Crippen LogP contribution in [0.25, 0.3) is 11.4 Å². The van der Waals surface area contributed by atoms with E-state index in [1.54, 1.807) is 0 Å². The minimum atomic E-state index is -0.284. The number of nitrogens with zero attached hydrogens (tertiary/aromatic N) is 3. The average molecular weight is 352 g/mol. The first-order valence-corrected chi connectivity index (χ1v) is 8.92. The largest absolute Gasteiger partial charge is 0.325 e. The fraction of sp³-hybridized carbons (Fsp3) is 0.211. The molecular weight excluding hydrogens is 332 g/mol. The van der Waals surface area contributed by atoms with E-state index in [1.165, 1.54) is 11.8 Å². The maximum absolute atomic E-state index is 12.4. The van der Waals surface area contributed by atoms with E-state index < -0.39 is 0 Å². The Balaban J connectivity index is 1.73. The minimum absolute atomic E-state index is 0.0587. The number of nitrogens with one attached hydrogen (secondary N) is 1. The number of rotatable bonds is 5. The van der Waals surface area contributed by atoms with E-state index in [4.69, 9.17) is 0 Å². The number of carbonyl (C=O) groups is 1. The third-order valence-electron chi connectivity index (χ3n) is 3.91. The Hall–Kier alpha value is -2.60. The minimum Gasteiger partial charge on any atom is -0.325 e. The molecule has 3 aromatic rings. The summed E-state index contributed by atoms with van der Waals surface area (Å²) in [6.07, 6.45) is 0. The second-order valence-corrected chi connectivity index (χ2v) is 7.10. The molecular formula is C19H20N4OS. The van der Waals surface area contributed by atoms with E-state index in [9.17, 15) is 4.79 Å². The van der Waals surface area contributed by atoms with Gasteiger partial charge in [0, 0.05) is 18.3 Å². The lowest BCUT2D eigenvalue weighted by Gasteiger charge is -2.12. The fourth-order valence-corrected chi connectivity index (χ4v) is 3.27. The summed E-state index contributed by atoms with van der Waals surface area (Å²) >= 11 is 1.40. The zero-order chi connectivity index (χ0) is 17.8. The number of hydrogen-bond donors (Lipinski definition) is 1. The molecule has 25 heavy (non-hydrogen) atoms. The van der Waals surface area contributed by atoms with E-state index in [0.29, 0.717) is 5.16 Å². The number of hydrogen-bond acceptors (Lipinski definition) is 4. The topological polar surface area (TPSA) is 59.8 Å². The Morgan fingerprint density at radius 3 is 2.48 bits per heavy atom. The number of amides is 1. The van der Waals surface area contributed by atoms with Crippen molar-refractivity contribution < 1.29 is 4.79 Å². The van der Waals surface area contributed by atoms with Crippen LogP contribution in [0, 0.1) is 6.92 Å². The van der Waals surface area contributed by atoms with Gasteiger partial charge in [0.2, 0.25) is 5.91 Å². The lowest BCUT2D eigenvalue weighted by atomic mass is 10.1. The highest BCUT2D eigenvalue weighted by atomic mass is 32.2. The zero-order valence-electron chi connectivity index (χ0n) is 14.4. The highest BCUT2D eigenvalue weighted by molar-refractivity contribution is 8.00. The van der Waals surface area contributed by atoms with Gasteiger partial charge in [0.05, 0.1) is 5.25 Å². The lowest BCUT2D eigenvalue weighted by Crippen LogP contribution is -2.22. The first kappa shape index (κ1) is 17.2. The number of benzene rings is 2. The van der Waals surface area contributed by atoms with Gasteiger partial charge in [0.15, 0.2) is 11.0 Å². The molecule has 0 saturated heterocycles. The van der Waals surface area contributed by atoms with Crippen molar-refractivity contribution in [2.45, 2.75) is 24.3 Å². The predicted molar refractivity (Wildman–Crippen MR) is 102 cm³/mol. The normalized spacial score (nSPS) is 12.0. The maximum Gasteiger partial charge on any atom is 0.237 e. The van der Waals surface area contributed by atoms with Gasteiger partial charge in [0.1, 0.15) is 0 Å². The van der Waals surface area contributed by atoms with Gasteiger partial charge in [-0.15, -0.1) is 10.2 Å². The van der Waals surface area contributed by atoms with Gasteiger partial charge in [-0.3, -0.25) is 4.79 Å². The van der Waals surface area contributed by atoms with Gasteiger partial charge in [-0.25, -0.2) is 0 Å². The standard InChI is InChI=1S/C19H20N4OS/c1-13-9-7-8-12-16(13)17-21-22-19(23(17)3)25-14(2)18(24)20-15-10-5-4-6-11-15/h4-12,14H,1-3H3,(H,20,24)/t14-/m1/s1. The summed E-state index contributed by atoms with van der Waals surface area (Å²) in [5.74, 6) is 0.743. The molecule has 1 heterocycles. The van der Waals surface area contributed by atoms with E-state index >= 15 is 0 Å². The van der Waals surface area contributed by atoms with E-state index in [2.05, 4.69) is 15.5 Å². The van der Waals surface area contributed by atoms with Crippen molar-refractivity contribution in [3.8, 4) is 11.4 Å². The Bertz CT molecular complexity index is 876. The molecule has 1 N–H and O–H groups in total. The van der Waals surface area contributed by atoms with Crippen LogP contribution in [0.4, 0.5) is 5.69 Å². The van der Waals surface area contributed by atoms with Crippen LogP contribution < -0.4 is 5.32 Å². The Morgan fingerprint density at radius 1 is 1.08 bits per heavy atom. The Morgan fingerprint density at radius 2 is 1.76 bits per heavy atom. The molecule has 3 rings (SSSR count). The summed E-state index contributed by atoms with van der Waals surface area (Å²) in [6, 6.07) is 17.5. The van der Waals surface area contributed by atoms with Crippen LogP contribution in [0.15, 0.2) is 59.8 Å². The maximum atomic E-state index is 12.4. The van der Waals surface area contributed by atoms with Gasteiger partial charge >= 0.3 is 0 Å². The van der Waals surface area contributed by atoms with Crippen LogP contribution in [0.3, 0.4) is 0 Å². The van der Waals surface area contributed by atoms with Crippen LogP contribution >= 0.6 is 11.8 Å². The summed E-state index contributed by atoms with van der Waals surface area (Å²) in [6.45, 7) is 3.91. The summed E-state index contributed by atoms with van der Waals surface area (Å²) in [7, 11) is 1.92. The molecule has 0 saturated carbocycles. The van der Waals surface area contributed by atoms with Crippen molar-refractivity contribution in [1.82, 2.24) is 14.8 Å². The van der Waals surface area contributed by atoms with Gasteiger partial charge in [0.25, 0.3) is 0 Å². The first-order chi connectivity index (χ1) is 12.1. The molecule has 0 aliphatic carbocycles. The van der Waals surface area contributed by atoms with Crippen LogP contribution in [0.1, 0.15) is 12.5 Å². The van der Waals surface area contributed by atoms with Crippen LogP contribution in [-0.2, 0) is 11.8 Å². The third kappa shape index (κ3) is 3.91. The number of para-hydroxylation sites is 1. The summed E-state index contributed by atoms with van der Waals surface area (Å²) in [5, 5.41) is 11.9. The summed E-state index contributed by atoms with van der Waals surface area (Å²) in [4.78, 5) is 12.4. The molecule has 0 aliphatic rings. The molecule has 1 aromatic heterocycles. The summed E-state index contributed by atoms with van der Waals surface area (Å²) in [5.41, 5.74) is 2.98. The molecule has 0 fully saturated rings. The van der Waals surface area contributed by atoms with Crippen molar-refractivity contribution >= 4 is 23.4 Å². The first-order valence-electron chi connectivity index (χ1n) is 8.04. The highest BCUT2D eigenvalue weighted by Gasteiger charge is 2.19. The molecule has 0 radical (unpaired) electrons. The number of thioether (sulfide) groups is 1. The molecule has 0 unspecified atom stereocenters. The Kier molecular flexibility index (Phi) is 5.19. The molecule has 6 heteroatoms. The lowest BCUT2D eigenvalue weighted by molar-refractivity contribution is -0.115. The molecule has 0 spiro atoms.